The monoisotopic (exact) mass is 295 g/mol. The Morgan fingerprint density at radius 1 is 0.619 bits per heavy atom. The predicted molar refractivity (Wildman–Crippen MR) is 95.5 cm³/mol. The van der Waals surface area contributed by atoms with Gasteiger partial charge in [-0.3, -0.25) is 4.90 Å². The van der Waals surface area contributed by atoms with Crippen molar-refractivity contribution in [3.63, 3.8) is 0 Å². The lowest BCUT2D eigenvalue weighted by molar-refractivity contribution is -0.0812. The van der Waals surface area contributed by atoms with Crippen LogP contribution in [-0.2, 0) is 0 Å². The summed E-state index contributed by atoms with van der Waals surface area (Å²) < 4.78 is 0. The minimum atomic E-state index is 0.660. The van der Waals surface area contributed by atoms with Crippen LogP contribution in [-0.4, -0.2) is 23.5 Å². The van der Waals surface area contributed by atoms with Gasteiger partial charge in [0.05, 0.1) is 0 Å². The molecule has 1 rings (SSSR count). The van der Waals surface area contributed by atoms with Crippen molar-refractivity contribution in [2.24, 2.45) is 41.4 Å². The van der Waals surface area contributed by atoms with Crippen molar-refractivity contribution in [3.05, 3.63) is 0 Å². The van der Waals surface area contributed by atoms with E-state index in [9.17, 15) is 0 Å². The van der Waals surface area contributed by atoms with Crippen molar-refractivity contribution in [1.29, 1.82) is 0 Å². The molecule has 0 aliphatic carbocycles. The first-order valence-corrected chi connectivity index (χ1v) is 9.35. The summed E-state index contributed by atoms with van der Waals surface area (Å²) in [5, 5.41) is 0. The molecule has 1 aliphatic rings. The van der Waals surface area contributed by atoms with Crippen LogP contribution in [0, 0.1) is 41.4 Å². The molecule has 0 radical (unpaired) electrons. The predicted octanol–water partition coefficient (Wildman–Crippen LogP) is 5.55. The van der Waals surface area contributed by atoms with Crippen molar-refractivity contribution in [3.8, 4) is 0 Å². The van der Waals surface area contributed by atoms with E-state index in [2.05, 4.69) is 74.1 Å². The molecule has 0 aromatic heterocycles. The van der Waals surface area contributed by atoms with E-state index in [4.69, 9.17) is 0 Å². The van der Waals surface area contributed by atoms with E-state index in [-0.39, 0.29) is 0 Å². The Labute approximate surface area is 134 Å². The summed E-state index contributed by atoms with van der Waals surface area (Å²) in [4.78, 5) is 2.83. The third-order valence-electron chi connectivity index (χ3n) is 5.88. The quantitative estimate of drug-likeness (QED) is 0.642. The Morgan fingerprint density at radius 3 is 1.38 bits per heavy atom. The first kappa shape index (κ1) is 19.0. The minimum absolute atomic E-state index is 0.660. The molecule has 0 bridgehead atoms. The minimum Gasteiger partial charge on any atom is -0.297 e. The fourth-order valence-electron chi connectivity index (χ4n) is 5.04. The molecule has 0 saturated carbocycles. The van der Waals surface area contributed by atoms with Crippen LogP contribution >= 0.6 is 0 Å². The van der Waals surface area contributed by atoms with Crippen LogP contribution in [0.2, 0.25) is 0 Å². The number of piperidine rings is 1. The number of nitrogens with zero attached hydrogens (tertiary/aromatic N) is 1. The summed E-state index contributed by atoms with van der Waals surface area (Å²) in [5.41, 5.74) is 0. The zero-order valence-corrected chi connectivity index (χ0v) is 16.4. The molecule has 1 heteroatoms. The second-order valence-electron chi connectivity index (χ2n) is 9.08. The van der Waals surface area contributed by atoms with Gasteiger partial charge in [0.15, 0.2) is 0 Å². The highest BCUT2D eigenvalue weighted by molar-refractivity contribution is 4.98. The maximum Gasteiger partial charge on any atom is 0.0155 e. The summed E-state index contributed by atoms with van der Waals surface area (Å²) in [5.74, 6) is 5.63. The molecule has 0 N–H and O–H groups in total. The molecular formula is C20H41N. The largest absolute Gasteiger partial charge is 0.297 e. The van der Waals surface area contributed by atoms with Crippen LogP contribution in [0.4, 0.5) is 0 Å². The maximum absolute atomic E-state index is 2.83. The first-order valence-electron chi connectivity index (χ1n) is 9.35. The van der Waals surface area contributed by atoms with Crippen molar-refractivity contribution in [2.45, 2.75) is 81.3 Å². The Hall–Kier alpha value is -0.0400. The lowest BCUT2D eigenvalue weighted by Crippen LogP contribution is -2.60. The molecule has 1 heterocycles. The van der Waals surface area contributed by atoms with E-state index in [0.717, 1.165) is 47.5 Å². The Balaban J connectivity index is 3.28. The van der Waals surface area contributed by atoms with Gasteiger partial charge in [-0.1, -0.05) is 55.4 Å². The molecule has 21 heavy (non-hydrogen) atoms. The molecular weight excluding hydrogens is 254 g/mol. The molecule has 1 nitrogen and oxygen atoms in total. The molecule has 1 aliphatic heterocycles. The molecule has 1 saturated heterocycles. The van der Waals surface area contributed by atoms with Gasteiger partial charge in [-0.2, -0.15) is 0 Å². The molecule has 126 valence electrons. The van der Waals surface area contributed by atoms with E-state index in [1.54, 1.807) is 0 Å². The van der Waals surface area contributed by atoms with Crippen LogP contribution in [0.5, 0.6) is 0 Å². The molecule has 0 amide bonds. The van der Waals surface area contributed by atoms with Gasteiger partial charge in [0.25, 0.3) is 0 Å². The average molecular weight is 296 g/mol. The van der Waals surface area contributed by atoms with Gasteiger partial charge in [0.2, 0.25) is 0 Å². The van der Waals surface area contributed by atoms with E-state index in [0.29, 0.717) is 6.04 Å². The Morgan fingerprint density at radius 2 is 1.10 bits per heavy atom. The standard InChI is InChI=1S/C20H41N/c1-12(2)17-11-21(16(9)10)20(15(7)8)19(14(5)6)18(17)13(3)4/h12-20H,11H2,1-10H3. The normalized spacial score (nSPS) is 32.1. The lowest BCUT2D eigenvalue weighted by Gasteiger charge is -2.56. The van der Waals surface area contributed by atoms with Crippen LogP contribution in [0.25, 0.3) is 0 Å². The molecule has 0 aromatic carbocycles. The zero-order chi connectivity index (χ0) is 16.5. The van der Waals surface area contributed by atoms with E-state index >= 15 is 0 Å². The molecule has 0 aromatic rings. The Bertz CT molecular complexity index is 277. The van der Waals surface area contributed by atoms with Crippen molar-refractivity contribution in [1.82, 2.24) is 4.90 Å². The SMILES string of the molecule is CC(C)C1CN(C(C)C)C(C(C)C)C(C(C)C)C1C(C)C. The van der Waals surface area contributed by atoms with Crippen LogP contribution in [0.1, 0.15) is 69.2 Å². The van der Waals surface area contributed by atoms with E-state index in [1.807, 2.05) is 0 Å². The number of rotatable bonds is 5. The number of hydrogen-bond donors (Lipinski definition) is 0. The number of likely N-dealkylation sites (tertiary alicyclic amines) is 1. The third kappa shape index (κ3) is 4.03. The smallest absolute Gasteiger partial charge is 0.0155 e. The number of hydrogen-bond acceptors (Lipinski definition) is 1. The summed E-state index contributed by atoms with van der Waals surface area (Å²) >= 11 is 0. The highest BCUT2D eigenvalue weighted by Gasteiger charge is 2.47. The van der Waals surface area contributed by atoms with E-state index < -0.39 is 0 Å². The van der Waals surface area contributed by atoms with Crippen LogP contribution in [0.3, 0.4) is 0 Å². The van der Waals surface area contributed by atoms with Gasteiger partial charge in [-0.15, -0.1) is 0 Å². The first-order chi connectivity index (χ1) is 9.59. The summed E-state index contributed by atoms with van der Waals surface area (Å²) in [6.07, 6.45) is 0. The summed E-state index contributed by atoms with van der Waals surface area (Å²) in [7, 11) is 0. The van der Waals surface area contributed by atoms with Gasteiger partial charge in [0.1, 0.15) is 0 Å². The van der Waals surface area contributed by atoms with Gasteiger partial charge in [-0.25, -0.2) is 0 Å². The van der Waals surface area contributed by atoms with Crippen molar-refractivity contribution >= 4 is 0 Å². The topological polar surface area (TPSA) is 3.24 Å². The second-order valence-corrected chi connectivity index (χ2v) is 9.08. The van der Waals surface area contributed by atoms with Gasteiger partial charge < -0.3 is 0 Å². The third-order valence-corrected chi connectivity index (χ3v) is 5.88. The summed E-state index contributed by atoms with van der Waals surface area (Å²) in [6.45, 7) is 25.6. The van der Waals surface area contributed by atoms with E-state index in [1.165, 1.54) is 6.54 Å². The zero-order valence-electron chi connectivity index (χ0n) is 16.4. The highest BCUT2D eigenvalue weighted by atomic mass is 15.2. The maximum atomic E-state index is 2.83. The highest BCUT2D eigenvalue weighted by Crippen LogP contribution is 2.46. The molecule has 1 fully saturated rings. The molecule has 4 unspecified atom stereocenters. The van der Waals surface area contributed by atoms with Crippen LogP contribution in [0.15, 0.2) is 0 Å². The van der Waals surface area contributed by atoms with Crippen molar-refractivity contribution < 1.29 is 0 Å². The molecule has 4 atom stereocenters. The van der Waals surface area contributed by atoms with Gasteiger partial charge >= 0.3 is 0 Å². The molecule has 0 spiro atoms. The lowest BCUT2D eigenvalue weighted by atomic mass is 9.60. The average Bonchev–Trinajstić information content (AvgIpc) is 2.34. The fourth-order valence-corrected chi connectivity index (χ4v) is 5.04. The van der Waals surface area contributed by atoms with Crippen LogP contribution < -0.4 is 0 Å². The Kier molecular flexibility index (Phi) is 6.78. The van der Waals surface area contributed by atoms with Crippen molar-refractivity contribution in [2.75, 3.05) is 6.54 Å². The summed E-state index contributed by atoms with van der Waals surface area (Å²) in [6, 6.07) is 1.40. The van der Waals surface area contributed by atoms with Gasteiger partial charge in [0, 0.05) is 18.6 Å². The second kappa shape index (κ2) is 7.49. The van der Waals surface area contributed by atoms with Gasteiger partial charge in [-0.05, 0) is 55.3 Å². The fraction of sp³-hybridized carbons (Fsp3) is 1.00.